The summed E-state index contributed by atoms with van der Waals surface area (Å²) in [7, 11) is -0.776. The summed E-state index contributed by atoms with van der Waals surface area (Å²) in [5, 5.41) is 3.18. The van der Waals surface area contributed by atoms with Crippen molar-refractivity contribution in [3.8, 4) is 0 Å². The van der Waals surface area contributed by atoms with Crippen LogP contribution >= 0.6 is 11.2 Å². The fourth-order valence-corrected chi connectivity index (χ4v) is 8.94. The molecule has 2 aromatic rings. The number of hydrogen-bond acceptors (Lipinski definition) is 1. The van der Waals surface area contributed by atoms with E-state index in [1.165, 1.54) is 33.4 Å². The number of benzene rings is 2. The molecule has 0 spiro atoms. The minimum atomic E-state index is -0.776. The first-order chi connectivity index (χ1) is 11.6. The van der Waals surface area contributed by atoms with E-state index in [-0.39, 0.29) is 0 Å². The number of hydrogen-bond donors (Lipinski definition) is 0. The van der Waals surface area contributed by atoms with Crippen molar-refractivity contribution in [3.63, 3.8) is 0 Å². The van der Waals surface area contributed by atoms with Crippen LogP contribution in [-0.4, -0.2) is 34.0 Å². The summed E-state index contributed by atoms with van der Waals surface area (Å²) in [6.07, 6.45) is 2.27. The predicted octanol–water partition coefficient (Wildman–Crippen LogP) is 5.38. The van der Waals surface area contributed by atoms with Gasteiger partial charge < -0.3 is 0 Å². The van der Waals surface area contributed by atoms with Crippen LogP contribution < -0.4 is 10.4 Å². The first-order valence-electron chi connectivity index (χ1n) is 8.92. The van der Waals surface area contributed by atoms with E-state index in [4.69, 9.17) is 0 Å². The molecular formula is C22H34SSiSn. The Balaban J connectivity index is 0.000000705. The van der Waals surface area contributed by atoms with Crippen molar-refractivity contribution in [3.05, 3.63) is 57.6 Å². The molecule has 136 valence electrons. The second-order valence-electron chi connectivity index (χ2n) is 7.58. The van der Waals surface area contributed by atoms with Crippen LogP contribution in [0, 0.1) is 41.5 Å². The molecule has 0 unspecified atom stereocenters. The number of aryl methyl sites for hydroxylation is 6. The van der Waals surface area contributed by atoms with Gasteiger partial charge in [-0.25, -0.2) is 0 Å². The van der Waals surface area contributed by atoms with E-state index >= 15 is 0 Å². The average molecular weight is 477 g/mol. The van der Waals surface area contributed by atoms with Crippen LogP contribution in [0.5, 0.6) is 0 Å². The van der Waals surface area contributed by atoms with Crippen LogP contribution in [0.25, 0.3) is 0 Å². The molecule has 0 aromatic heterocycles. The van der Waals surface area contributed by atoms with Gasteiger partial charge in [-0.2, -0.15) is 11.2 Å². The topological polar surface area (TPSA) is 0 Å². The Morgan fingerprint density at radius 2 is 0.880 bits per heavy atom. The molecule has 2 aromatic carbocycles. The van der Waals surface area contributed by atoms with Gasteiger partial charge in [0.15, 0.2) is 7.95 Å². The van der Waals surface area contributed by atoms with E-state index in [2.05, 4.69) is 86.9 Å². The van der Waals surface area contributed by atoms with Crippen LogP contribution in [0.15, 0.2) is 24.3 Å². The Morgan fingerprint density at radius 1 is 0.640 bits per heavy atom. The van der Waals surface area contributed by atoms with Gasteiger partial charge in [0, 0.05) is 0 Å². The summed E-state index contributed by atoms with van der Waals surface area (Å²) >= 11 is 1.50. The SMILES string of the molecule is CS[Si](c1c(C)cc(C)cc1C)c1c(C)cc(C)cc1C.[CH3][Sn]([CH3])[CH3]. The van der Waals surface area contributed by atoms with Crippen LogP contribution in [0.2, 0.25) is 14.8 Å². The fraction of sp³-hybridized carbons (Fsp3) is 0.455. The van der Waals surface area contributed by atoms with Crippen LogP contribution in [0.4, 0.5) is 0 Å². The van der Waals surface area contributed by atoms with Gasteiger partial charge in [0.1, 0.15) is 0 Å². The Labute approximate surface area is 168 Å². The summed E-state index contributed by atoms with van der Waals surface area (Å²) in [6, 6.07) is 9.34. The molecule has 0 bridgehead atoms. The van der Waals surface area contributed by atoms with E-state index in [1.54, 1.807) is 10.4 Å². The van der Waals surface area contributed by atoms with Crippen molar-refractivity contribution in [2.24, 2.45) is 0 Å². The van der Waals surface area contributed by atoms with E-state index in [0.29, 0.717) is 0 Å². The molecule has 0 aliphatic rings. The van der Waals surface area contributed by atoms with Crippen LogP contribution in [-0.2, 0) is 0 Å². The van der Waals surface area contributed by atoms with E-state index in [0.717, 1.165) is 0 Å². The Morgan fingerprint density at radius 3 is 1.08 bits per heavy atom. The second-order valence-corrected chi connectivity index (χ2v) is 20.7. The van der Waals surface area contributed by atoms with Crippen molar-refractivity contribution in [1.82, 2.24) is 0 Å². The third kappa shape index (κ3) is 6.48. The summed E-state index contributed by atoms with van der Waals surface area (Å²) in [4.78, 5) is 7.09. The quantitative estimate of drug-likeness (QED) is 0.536. The first-order valence-corrected chi connectivity index (χ1v) is 20.9. The maximum atomic E-state index is 2.36. The molecule has 25 heavy (non-hydrogen) atoms. The zero-order valence-corrected chi connectivity index (χ0v) is 22.4. The molecule has 2 radical (unpaired) electrons. The first kappa shape index (κ1) is 22.8. The van der Waals surface area contributed by atoms with Gasteiger partial charge in [-0.3, -0.25) is 0 Å². The Bertz CT molecular complexity index is 616. The van der Waals surface area contributed by atoms with E-state index in [9.17, 15) is 0 Å². The molecule has 0 saturated heterocycles. The summed E-state index contributed by atoms with van der Waals surface area (Å²) in [5.74, 6) is 0. The zero-order valence-electron chi connectivity index (χ0n) is 17.7. The number of rotatable bonds is 3. The summed E-state index contributed by atoms with van der Waals surface area (Å²) < 4.78 is 0. The molecule has 0 heterocycles. The van der Waals surface area contributed by atoms with Crippen molar-refractivity contribution < 1.29 is 0 Å². The molecule has 0 N–H and O–H groups in total. The molecule has 0 atom stereocenters. The van der Waals surface area contributed by atoms with E-state index in [1.807, 2.05) is 11.2 Å². The standard InChI is InChI=1S/C19H25SSi.3CH3.Sn/c1-12-8-14(3)18(15(4)9-12)21(20-7)19-16(5)10-13(2)11-17(19)6;;;;/h8-11H,1-7H3;3*1H3;. The average Bonchev–Trinajstić information content (AvgIpc) is 2.42. The molecule has 0 aliphatic heterocycles. The third-order valence-corrected chi connectivity index (χ3v) is 9.36. The van der Waals surface area contributed by atoms with Crippen molar-refractivity contribution in [2.45, 2.75) is 56.4 Å². The van der Waals surface area contributed by atoms with E-state index < -0.39 is 27.7 Å². The van der Waals surface area contributed by atoms with Gasteiger partial charge >= 0.3 is 34.6 Å². The molecule has 2 rings (SSSR count). The third-order valence-electron chi connectivity index (χ3n) is 4.01. The normalized spacial score (nSPS) is 10.9. The maximum absolute atomic E-state index is 2.36. The van der Waals surface area contributed by atoms with Crippen molar-refractivity contribution in [1.29, 1.82) is 0 Å². The van der Waals surface area contributed by atoms with Gasteiger partial charge in [-0.05, 0) is 58.2 Å². The molecule has 0 nitrogen and oxygen atoms in total. The molecule has 0 fully saturated rings. The second kappa shape index (κ2) is 10.2. The summed E-state index contributed by atoms with van der Waals surface area (Å²) in [5.41, 5.74) is 8.55. The van der Waals surface area contributed by atoms with Crippen LogP contribution in [0.3, 0.4) is 0 Å². The Kier molecular flexibility index (Phi) is 9.34. The summed E-state index contributed by atoms with van der Waals surface area (Å²) in [6.45, 7) is 13.5. The molecule has 0 amide bonds. The van der Waals surface area contributed by atoms with Crippen molar-refractivity contribution >= 4 is 49.3 Å². The predicted molar refractivity (Wildman–Crippen MR) is 123 cm³/mol. The van der Waals surface area contributed by atoms with Crippen molar-refractivity contribution in [2.75, 3.05) is 6.26 Å². The fourth-order valence-electron chi connectivity index (χ4n) is 3.41. The minimum absolute atomic E-state index is 0.543. The van der Waals surface area contributed by atoms with Gasteiger partial charge in [0.05, 0.1) is 0 Å². The zero-order chi connectivity index (χ0) is 19.3. The van der Waals surface area contributed by atoms with Gasteiger partial charge in [-0.1, -0.05) is 57.6 Å². The van der Waals surface area contributed by atoms with Crippen LogP contribution in [0.1, 0.15) is 33.4 Å². The molecular weight excluding hydrogens is 443 g/mol. The van der Waals surface area contributed by atoms with Gasteiger partial charge in [0.2, 0.25) is 0 Å². The molecule has 0 saturated carbocycles. The molecule has 0 aliphatic carbocycles. The molecule has 3 heteroatoms. The van der Waals surface area contributed by atoms with Gasteiger partial charge in [0.25, 0.3) is 0 Å². The Hall–Kier alpha value is -0.194. The monoisotopic (exact) mass is 478 g/mol. The van der Waals surface area contributed by atoms with Gasteiger partial charge in [-0.15, -0.1) is 0 Å².